The summed E-state index contributed by atoms with van der Waals surface area (Å²) in [7, 11) is -9.91. The molecule has 2 saturated carbocycles. The minimum atomic E-state index is -5.04. The van der Waals surface area contributed by atoms with Crippen LogP contribution >= 0.6 is 0 Å². The number of carboxylic acid groups (broad SMARTS) is 1. The number of nitrogens with zero attached hydrogens (tertiary/aromatic N) is 3. The van der Waals surface area contributed by atoms with Crippen molar-refractivity contribution in [1.29, 1.82) is 0 Å². The lowest BCUT2D eigenvalue weighted by Crippen LogP contribution is -2.64. The number of carboxylic acids is 1. The number of aliphatic carboxylic acids is 1. The Morgan fingerprint density at radius 2 is 1.53 bits per heavy atom. The fourth-order valence-corrected chi connectivity index (χ4v) is 12.9. The maximum Gasteiger partial charge on any atom is 0.338 e. The van der Waals surface area contributed by atoms with Gasteiger partial charge in [-0.15, -0.1) is 5.10 Å². The smallest absolute Gasteiger partial charge is 0.338 e. The Hall–Kier alpha value is -5.44. The van der Waals surface area contributed by atoms with Crippen molar-refractivity contribution in [3.8, 4) is 0 Å². The highest BCUT2D eigenvalue weighted by Crippen LogP contribution is 2.41. The van der Waals surface area contributed by atoms with Gasteiger partial charge < -0.3 is 64.4 Å². The Morgan fingerprint density at radius 3 is 2.22 bits per heavy atom. The number of nitrogens with one attached hydrogen (secondary N) is 1. The molecule has 28 heteroatoms. The number of rotatable bonds is 24. The highest BCUT2D eigenvalue weighted by atomic mass is 32.2. The molecule has 83 heavy (non-hydrogen) atoms. The van der Waals surface area contributed by atoms with Crippen molar-refractivity contribution >= 4 is 60.3 Å². The summed E-state index contributed by atoms with van der Waals surface area (Å²) in [6, 6.07) is 13.5. The number of ether oxygens (including phenoxy) is 6. The van der Waals surface area contributed by atoms with Crippen molar-refractivity contribution in [2.75, 3.05) is 11.9 Å². The quantitative estimate of drug-likeness (QED) is 0.0276. The van der Waals surface area contributed by atoms with Crippen LogP contribution in [0.25, 0.3) is 10.8 Å². The third-order valence-electron chi connectivity index (χ3n) is 15.9. The molecule has 15 atom stereocenters. The number of amides is 1. The Balaban J connectivity index is 0.948. The zero-order chi connectivity index (χ0) is 59.9. The lowest BCUT2D eigenvalue weighted by molar-refractivity contribution is -0.349. The third kappa shape index (κ3) is 15.9. The van der Waals surface area contributed by atoms with E-state index in [1.165, 1.54) is 41.9 Å². The summed E-state index contributed by atoms with van der Waals surface area (Å²) in [6.45, 7) is 2.48. The van der Waals surface area contributed by atoms with Crippen molar-refractivity contribution < 1.29 is 104 Å². The normalized spacial score (nSPS) is 29.5. The fraction of sp³-hybridized carbons (Fsp3) is 0.600. The van der Waals surface area contributed by atoms with Gasteiger partial charge in [0, 0.05) is 36.0 Å². The lowest BCUT2D eigenvalue weighted by Gasteiger charge is -2.48. The molecule has 2 aliphatic carbocycles. The molecule has 1 amide bonds. The first kappa shape index (κ1) is 63.6. The van der Waals surface area contributed by atoms with Crippen molar-refractivity contribution in [1.82, 2.24) is 15.0 Å². The van der Waals surface area contributed by atoms with Crippen LogP contribution in [0, 0.1) is 17.8 Å². The first-order valence-electron chi connectivity index (χ1n) is 27.7. The van der Waals surface area contributed by atoms with Crippen LogP contribution in [0.15, 0.2) is 76.7 Å². The number of carbonyl (C=O) groups is 4. The molecule has 1 aromatic heterocycles. The van der Waals surface area contributed by atoms with Crippen LogP contribution in [-0.4, -0.2) is 182 Å². The highest BCUT2D eigenvalue weighted by Gasteiger charge is 2.54. The number of aliphatic hydroxyl groups is 5. The van der Waals surface area contributed by atoms with Crippen LogP contribution in [0.4, 0.5) is 5.69 Å². The molecular formula is C55H72N4O22S2. The molecule has 4 aromatic rings. The van der Waals surface area contributed by atoms with Gasteiger partial charge in [0.25, 0.3) is 20.2 Å². The Labute approximate surface area is 478 Å². The summed E-state index contributed by atoms with van der Waals surface area (Å²) >= 11 is 0. The van der Waals surface area contributed by atoms with E-state index in [-0.39, 0.29) is 72.4 Å². The molecule has 9 N–H and O–H groups in total. The van der Waals surface area contributed by atoms with Crippen LogP contribution in [0.3, 0.4) is 0 Å². The summed E-state index contributed by atoms with van der Waals surface area (Å²) in [5.74, 6) is -4.20. The minimum absolute atomic E-state index is 0.00100. The van der Waals surface area contributed by atoms with E-state index >= 15 is 0 Å². The molecule has 2 saturated heterocycles. The monoisotopic (exact) mass is 1200 g/mol. The first-order chi connectivity index (χ1) is 39.4. The molecule has 2 aliphatic heterocycles. The number of aromatic nitrogens is 3. The molecule has 3 heterocycles. The zero-order valence-corrected chi connectivity index (χ0v) is 47.3. The molecule has 3 aromatic carbocycles. The number of unbranched alkanes of at least 4 members (excludes halogenated alkanes) is 1. The highest BCUT2D eigenvalue weighted by molar-refractivity contribution is 7.86. The number of fused-ring (bicyclic) bond motifs is 1. The van der Waals surface area contributed by atoms with E-state index in [4.69, 9.17) is 28.4 Å². The third-order valence-corrected chi connectivity index (χ3v) is 17.6. The molecule has 0 radical (unpaired) electrons. The molecule has 26 nitrogen and oxygen atoms in total. The van der Waals surface area contributed by atoms with E-state index in [1.807, 2.05) is 0 Å². The number of benzene rings is 3. The lowest BCUT2D eigenvalue weighted by atomic mass is 9.75. The van der Waals surface area contributed by atoms with Crippen LogP contribution in [-0.2, 0) is 76.0 Å². The second kappa shape index (κ2) is 27.7. The van der Waals surface area contributed by atoms with E-state index in [9.17, 15) is 75.8 Å². The van der Waals surface area contributed by atoms with Crippen LogP contribution in [0.1, 0.15) is 107 Å². The van der Waals surface area contributed by atoms with Crippen molar-refractivity contribution in [3.63, 3.8) is 0 Å². The van der Waals surface area contributed by atoms with E-state index < -0.39 is 146 Å². The van der Waals surface area contributed by atoms with Gasteiger partial charge in [0.05, 0.1) is 47.6 Å². The Morgan fingerprint density at radius 1 is 0.795 bits per heavy atom. The number of hydrogen-bond donors (Lipinski definition) is 9. The average Bonchev–Trinajstić information content (AvgIpc) is 4.01. The molecule has 456 valence electrons. The molecule has 4 fully saturated rings. The number of hydrogen-bond acceptors (Lipinski definition) is 21. The van der Waals surface area contributed by atoms with Crippen LogP contribution in [0.2, 0.25) is 0 Å². The second-order valence-electron chi connectivity index (χ2n) is 21.9. The van der Waals surface area contributed by atoms with E-state index in [0.717, 1.165) is 38.2 Å². The van der Waals surface area contributed by atoms with Gasteiger partial charge in [0.1, 0.15) is 47.3 Å². The van der Waals surface area contributed by atoms with E-state index in [2.05, 4.69) is 15.6 Å². The van der Waals surface area contributed by atoms with Gasteiger partial charge in [0.2, 0.25) is 5.91 Å². The van der Waals surface area contributed by atoms with Crippen LogP contribution < -0.4 is 5.32 Å². The van der Waals surface area contributed by atoms with Crippen molar-refractivity contribution in [2.24, 2.45) is 17.8 Å². The van der Waals surface area contributed by atoms with E-state index in [1.54, 1.807) is 31.3 Å². The van der Waals surface area contributed by atoms with E-state index in [0.29, 0.717) is 31.0 Å². The SMILES string of the molecule is CC1CC(C(=O)CCCCc2cn(CCC(=O)Nc3cccc4cc(S(=O)(=O)O)cc(S(=O)(=O)O)c34)nn2)CC(OC2OC(CO)C(O)C(O[C@@H](CC3CCCCC3)C(=O)O)C2OC(=O)c2ccccc2)C1OC1OC(C)C(O)C(O)C1O. The number of ketones is 1. The second-order valence-corrected chi connectivity index (χ2v) is 24.8. The maximum atomic E-state index is 14.2. The average molecular weight is 1210 g/mol. The Bertz CT molecular complexity index is 3130. The number of carbonyl (C=O) groups excluding carboxylic acids is 3. The number of esters is 1. The van der Waals surface area contributed by atoms with Gasteiger partial charge in [-0.25, -0.2) is 9.59 Å². The van der Waals surface area contributed by atoms with Gasteiger partial charge in [-0.2, -0.15) is 16.8 Å². The number of anilines is 1. The number of Topliss-reactive ketones (excluding diaryl/α,β-unsaturated/α-hetero) is 1. The molecule has 14 unspecified atom stereocenters. The first-order valence-corrected chi connectivity index (χ1v) is 30.6. The van der Waals surface area contributed by atoms with Crippen molar-refractivity contribution in [3.05, 3.63) is 78.1 Å². The summed E-state index contributed by atoms with van der Waals surface area (Å²) in [4.78, 5) is 52.5. The molecule has 4 aliphatic rings. The number of aliphatic hydroxyl groups excluding tert-OH is 5. The van der Waals surface area contributed by atoms with Gasteiger partial charge in [-0.1, -0.05) is 74.6 Å². The topological polar surface area (TPSA) is 397 Å². The van der Waals surface area contributed by atoms with Gasteiger partial charge in [-0.05, 0) is 93.0 Å². The minimum Gasteiger partial charge on any atom is -0.479 e. The summed E-state index contributed by atoms with van der Waals surface area (Å²) in [6.07, 6.45) is -11.8. The standard InChI is InChI=1S/C55H72N4O22S2/c1-29-22-34(38(61)19-10-9-17-35-27-59(58-57-35)21-20-43(62)56-37-18-11-16-33-24-36(82(70,71)72)26-42(44(33)37)83(73,74)75)25-39(49(29)81-54-48(66)47(65)45(63)30(2)76-54)78-55-51(80-53(69)32-14-7-4-8-15-32)50(46(64)41(28-60)79-55)77-40(52(67)68)23-31-12-5-3-6-13-31/h4,7-8,11,14-16,18,24,26-27,29-31,34,39-41,45-51,54-55,60,63-66H,3,5-6,9-10,12-13,17,19-23,25,28H2,1-2H3,(H,56,62)(H,67,68)(H,70,71,72)(H,73,74,75)/t29?,30?,34?,39?,40-,41?,45?,46?,47?,48?,49?,50?,51?,54?,55?/m0/s1. The van der Waals surface area contributed by atoms with Crippen molar-refractivity contribution in [2.45, 2.75) is 193 Å². The molecule has 0 spiro atoms. The summed E-state index contributed by atoms with van der Waals surface area (Å²) in [5.41, 5.74) is 0.584. The van der Waals surface area contributed by atoms with Crippen LogP contribution in [0.5, 0.6) is 0 Å². The molecule has 8 rings (SSSR count). The Kier molecular flexibility index (Phi) is 21.2. The fourth-order valence-electron chi connectivity index (χ4n) is 11.5. The van der Waals surface area contributed by atoms with Gasteiger partial charge >= 0.3 is 11.9 Å². The molecular weight excluding hydrogens is 1130 g/mol. The summed E-state index contributed by atoms with van der Waals surface area (Å²) in [5, 5.41) is 75.7. The van der Waals surface area contributed by atoms with Gasteiger partial charge in [-0.3, -0.25) is 23.4 Å². The maximum absolute atomic E-state index is 14.2. The predicted molar refractivity (Wildman–Crippen MR) is 288 cm³/mol. The predicted octanol–water partition coefficient (Wildman–Crippen LogP) is 2.99. The largest absolute Gasteiger partial charge is 0.479 e. The number of aryl methyl sites for hydroxylation is 2. The zero-order valence-electron chi connectivity index (χ0n) is 45.6. The summed E-state index contributed by atoms with van der Waals surface area (Å²) < 4.78 is 107. The van der Waals surface area contributed by atoms with Gasteiger partial charge in [0.15, 0.2) is 24.8 Å². The molecule has 0 bridgehead atoms.